The van der Waals surface area contributed by atoms with Crippen LogP contribution in [-0.4, -0.2) is 32.3 Å². The number of esters is 1. The quantitative estimate of drug-likeness (QED) is 0.785. The van der Waals surface area contributed by atoms with E-state index in [1.165, 1.54) is 11.4 Å². The summed E-state index contributed by atoms with van der Waals surface area (Å²) >= 11 is 1.54. The van der Waals surface area contributed by atoms with Gasteiger partial charge in [0.1, 0.15) is 6.04 Å². The Hall–Kier alpha value is -1.70. The highest BCUT2D eigenvalue weighted by atomic mass is 32.2. The monoisotopic (exact) mass is 365 g/mol. The predicted octanol–water partition coefficient (Wildman–Crippen LogP) is 2.83. The van der Waals surface area contributed by atoms with E-state index < -0.39 is 22.0 Å². The van der Waals surface area contributed by atoms with Gasteiger partial charge in [-0.05, 0) is 54.5 Å². The van der Waals surface area contributed by atoms with Gasteiger partial charge in [-0.25, -0.2) is 13.2 Å². The highest BCUT2D eigenvalue weighted by molar-refractivity contribution is 7.89. The van der Waals surface area contributed by atoms with Crippen molar-refractivity contribution in [1.82, 2.24) is 4.31 Å². The summed E-state index contributed by atoms with van der Waals surface area (Å²) < 4.78 is 32.7. The molecule has 1 aromatic carbocycles. The first-order valence-electron chi connectivity index (χ1n) is 7.59. The number of benzene rings is 1. The van der Waals surface area contributed by atoms with Crippen molar-refractivity contribution in [3.8, 4) is 0 Å². The van der Waals surface area contributed by atoms with Gasteiger partial charge in [0, 0.05) is 11.4 Å². The number of nitrogens with zero attached hydrogens (tertiary/aromatic N) is 1. The number of carbonyl (C=O) groups is 1. The van der Waals surface area contributed by atoms with E-state index in [0.29, 0.717) is 12.0 Å². The zero-order chi connectivity index (χ0) is 17.5. The van der Waals surface area contributed by atoms with Gasteiger partial charge in [-0.2, -0.15) is 4.31 Å². The number of rotatable bonds is 3. The second-order valence-electron chi connectivity index (χ2n) is 5.86. The maximum atomic E-state index is 13.2. The molecule has 0 bridgehead atoms. The summed E-state index contributed by atoms with van der Waals surface area (Å²) in [5.74, 6) is -0.553. The summed E-state index contributed by atoms with van der Waals surface area (Å²) in [6, 6.07) is 6.21. The van der Waals surface area contributed by atoms with Crippen LogP contribution < -0.4 is 0 Å². The minimum atomic E-state index is -3.80. The first-order chi connectivity index (χ1) is 11.4. The number of aryl methyl sites for hydroxylation is 2. The van der Waals surface area contributed by atoms with E-state index in [4.69, 9.17) is 4.74 Å². The Kier molecular flexibility index (Phi) is 4.50. The first kappa shape index (κ1) is 17.1. The Bertz CT molecular complexity index is 886. The largest absolute Gasteiger partial charge is 0.468 e. The van der Waals surface area contributed by atoms with Crippen molar-refractivity contribution in [2.24, 2.45) is 0 Å². The second-order valence-corrected chi connectivity index (χ2v) is 8.72. The molecule has 1 atom stereocenters. The van der Waals surface area contributed by atoms with Gasteiger partial charge in [0.2, 0.25) is 10.0 Å². The number of hydrogen-bond acceptors (Lipinski definition) is 5. The van der Waals surface area contributed by atoms with Crippen LogP contribution in [0.5, 0.6) is 0 Å². The van der Waals surface area contributed by atoms with Crippen LogP contribution in [0.15, 0.2) is 34.5 Å². The number of sulfonamides is 1. The standard InChI is InChI=1S/C17H19NO4S2/c1-11-4-5-12(2)15(10-11)24(20,21)18-8-6-14-13(7-9-23-14)16(18)17(19)22-3/h4-5,7,9-10,16H,6,8H2,1-3H3. The lowest BCUT2D eigenvalue weighted by atomic mass is 10.0. The van der Waals surface area contributed by atoms with E-state index in [1.54, 1.807) is 30.4 Å². The molecular formula is C17H19NO4S2. The van der Waals surface area contributed by atoms with Crippen LogP contribution in [0.25, 0.3) is 0 Å². The molecule has 0 spiro atoms. The number of carbonyl (C=O) groups excluding carboxylic acids is 1. The van der Waals surface area contributed by atoms with E-state index in [9.17, 15) is 13.2 Å². The molecule has 7 heteroatoms. The van der Waals surface area contributed by atoms with Crippen LogP contribution in [-0.2, 0) is 26.0 Å². The van der Waals surface area contributed by atoms with Crippen LogP contribution in [0, 0.1) is 13.8 Å². The Morgan fingerprint density at radius 1 is 1.29 bits per heavy atom. The molecule has 24 heavy (non-hydrogen) atoms. The molecule has 0 N–H and O–H groups in total. The summed E-state index contributed by atoms with van der Waals surface area (Å²) in [7, 11) is -2.52. The molecule has 0 amide bonds. The van der Waals surface area contributed by atoms with E-state index in [2.05, 4.69) is 0 Å². The zero-order valence-corrected chi connectivity index (χ0v) is 15.4. The minimum Gasteiger partial charge on any atom is -0.468 e. The van der Waals surface area contributed by atoms with Gasteiger partial charge >= 0.3 is 5.97 Å². The fraction of sp³-hybridized carbons (Fsp3) is 0.353. The summed E-state index contributed by atoms with van der Waals surface area (Å²) in [6.45, 7) is 3.88. The van der Waals surface area contributed by atoms with Gasteiger partial charge in [0.05, 0.1) is 12.0 Å². The highest BCUT2D eigenvalue weighted by Crippen LogP contribution is 2.38. The minimum absolute atomic E-state index is 0.245. The first-order valence-corrected chi connectivity index (χ1v) is 9.91. The van der Waals surface area contributed by atoms with Crippen molar-refractivity contribution in [3.63, 3.8) is 0 Å². The van der Waals surface area contributed by atoms with Crippen molar-refractivity contribution in [3.05, 3.63) is 51.2 Å². The van der Waals surface area contributed by atoms with Crippen LogP contribution in [0.3, 0.4) is 0 Å². The van der Waals surface area contributed by atoms with Gasteiger partial charge in [-0.3, -0.25) is 0 Å². The summed E-state index contributed by atoms with van der Waals surface area (Å²) in [5.41, 5.74) is 2.26. The van der Waals surface area contributed by atoms with Gasteiger partial charge in [-0.15, -0.1) is 11.3 Å². The second kappa shape index (κ2) is 6.31. The Balaban J connectivity index is 2.13. The number of ether oxygens (including phenoxy) is 1. The van der Waals surface area contributed by atoms with Crippen molar-refractivity contribution >= 4 is 27.3 Å². The molecule has 2 aromatic rings. The van der Waals surface area contributed by atoms with Gasteiger partial charge in [0.15, 0.2) is 0 Å². The number of fused-ring (bicyclic) bond motifs is 1. The van der Waals surface area contributed by atoms with E-state index >= 15 is 0 Å². The third-order valence-electron chi connectivity index (χ3n) is 4.28. The maximum absolute atomic E-state index is 13.2. The fourth-order valence-corrected chi connectivity index (χ4v) is 5.79. The average Bonchev–Trinajstić information content (AvgIpc) is 3.03. The van der Waals surface area contributed by atoms with E-state index in [-0.39, 0.29) is 11.4 Å². The normalized spacial score (nSPS) is 18.2. The third kappa shape index (κ3) is 2.76. The Morgan fingerprint density at radius 3 is 2.75 bits per heavy atom. The highest BCUT2D eigenvalue weighted by Gasteiger charge is 2.42. The predicted molar refractivity (Wildman–Crippen MR) is 92.6 cm³/mol. The van der Waals surface area contributed by atoms with Crippen LogP contribution in [0.2, 0.25) is 0 Å². The molecule has 1 aromatic heterocycles. The molecule has 5 nitrogen and oxygen atoms in total. The van der Waals surface area contributed by atoms with Gasteiger partial charge in [0.25, 0.3) is 0 Å². The molecule has 1 unspecified atom stereocenters. The number of hydrogen-bond donors (Lipinski definition) is 0. The Morgan fingerprint density at radius 2 is 2.04 bits per heavy atom. The molecule has 1 aliphatic heterocycles. The molecule has 2 heterocycles. The lowest BCUT2D eigenvalue weighted by Crippen LogP contribution is -2.43. The number of thiophene rings is 1. The van der Waals surface area contributed by atoms with E-state index in [1.807, 2.05) is 24.4 Å². The fourth-order valence-electron chi connectivity index (χ4n) is 3.02. The summed E-state index contributed by atoms with van der Waals surface area (Å²) in [5, 5.41) is 1.88. The van der Waals surface area contributed by atoms with Crippen molar-refractivity contribution in [1.29, 1.82) is 0 Å². The van der Waals surface area contributed by atoms with Crippen LogP contribution in [0.4, 0.5) is 0 Å². The van der Waals surface area contributed by atoms with Crippen molar-refractivity contribution in [2.45, 2.75) is 31.2 Å². The zero-order valence-electron chi connectivity index (χ0n) is 13.8. The summed E-state index contributed by atoms with van der Waals surface area (Å²) in [4.78, 5) is 13.6. The average molecular weight is 365 g/mol. The number of methoxy groups -OCH3 is 1. The maximum Gasteiger partial charge on any atom is 0.328 e. The van der Waals surface area contributed by atoms with Crippen molar-refractivity contribution in [2.75, 3.05) is 13.7 Å². The lowest BCUT2D eigenvalue weighted by Gasteiger charge is -2.33. The topological polar surface area (TPSA) is 63.7 Å². The molecule has 0 aliphatic carbocycles. The summed E-state index contributed by atoms with van der Waals surface area (Å²) in [6.07, 6.45) is 0.602. The molecule has 0 radical (unpaired) electrons. The third-order valence-corrected chi connectivity index (χ3v) is 7.28. The van der Waals surface area contributed by atoms with Gasteiger partial charge < -0.3 is 4.74 Å². The van der Waals surface area contributed by atoms with Crippen LogP contribution >= 0.6 is 11.3 Å². The molecule has 0 fully saturated rings. The molecule has 0 saturated carbocycles. The Labute approximate surface area is 145 Å². The van der Waals surface area contributed by atoms with Crippen molar-refractivity contribution < 1.29 is 17.9 Å². The molecule has 3 rings (SSSR count). The smallest absolute Gasteiger partial charge is 0.328 e. The molecular weight excluding hydrogens is 346 g/mol. The van der Waals surface area contributed by atoms with Crippen LogP contribution in [0.1, 0.15) is 27.6 Å². The molecule has 0 saturated heterocycles. The lowest BCUT2D eigenvalue weighted by molar-refractivity contribution is -0.145. The van der Waals surface area contributed by atoms with E-state index in [0.717, 1.165) is 16.0 Å². The molecule has 128 valence electrons. The molecule has 1 aliphatic rings. The van der Waals surface area contributed by atoms with Gasteiger partial charge in [-0.1, -0.05) is 12.1 Å². The SMILES string of the molecule is COC(=O)C1c2ccsc2CCN1S(=O)(=O)c1cc(C)ccc1C.